The van der Waals surface area contributed by atoms with Crippen LogP contribution in [0.3, 0.4) is 0 Å². The molecule has 0 amide bonds. The Balaban J connectivity index is 1.97. The summed E-state index contributed by atoms with van der Waals surface area (Å²) in [6, 6.07) is 3.99. The Bertz CT molecular complexity index is 326. The summed E-state index contributed by atoms with van der Waals surface area (Å²) >= 11 is 0. The molecular formula is C12H19N3O. The van der Waals surface area contributed by atoms with Crippen LogP contribution in [0.5, 0.6) is 5.88 Å². The third kappa shape index (κ3) is 2.44. The molecular weight excluding hydrogens is 202 g/mol. The lowest BCUT2D eigenvalue weighted by Gasteiger charge is -2.18. The summed E-state index contributed by atoms with van der Waals surface area (Å²) in [6.07, 6.45) is 3.15. The van der Waals surface area contributed by atoms with E-state index in [1.807, 2.05) is 19.3 Å². The smallest absolute Gasteiger partial charge is 0.213 e. The van der Waals surface area contributed by atoms with Crippen molar-refractivity contribution in [2.45, 2.75) is 6.42 Å². The summed E-state index contributed by atoms with van der Waals surface area (Å²) in [5, 5.41) is 3.24. The van der Waals surface area contributed by atoms with Crippen LogP contribution in [0, 0.1) is 5.92 Å². The first-order chi connectivity index (χ1) is 7.83. The van der Waals surface area contributed by atoms with Crippen molar-refractivity contribution in [3.8, 4) is 5.88 Å². The second-order valence-electron chi connectivity index (χ2n) is 4.22. The molecule has 1 N–H and O–H groups in total. The highest BCUT2D eigenvalue weighted by molar-refractivity contribution is 5.46. The lowest BCUT2D eigenvalue weighted by Crippen LogP contribution is -2.24. The third-order valence-electron chi connectivity index (χ3n) is 3.07. The van der Waals surface area contributed by atoms with Crippen molar-refractivity contribution in [1.29, 1.82) is 0 Å². The summed E-state index contributed by atoms with van der Waals surface area (Å²) in [7, 11) is 3.65. The van der Waals surface area contributed by atoms with Crippen molar-refractivity contribution in [3.63, 3.8) is 0 Å². The van der Waals surface area contributed by atoms with Crippen molar-refractivity contribution in [2.24, 2.45) is 5.92 Å². The summed E-state index contributed by atoms with van der Waals surface area (Å²) < 4.78 is 5.05. The van der Waals surface area contributed by atoms with Crippen molar-refractivity contribution in [2.75, 3.05) is 38.7 Å². The first-order valence-electron chi connectivity index (χ1n) is 5.73. The zero-order chi connectivity index (χ0) is 11.4. The van der Waals surface area contributed by atoms with E-state index in [0.29, 0.717) is 5.88 Å². The van der Waals surface area contributed by atoms with Gasteiger partial charge in [0.05, 0.1) is 19.0 Å². The van der Waals surface area contributed by atoms with Gasteiger partial charge in [0.25, 0.3) is 0 Å². The highest BCUT2D eigenvalue weighted by atomic mass is 16.5. The predicted octanol–water partition coefficient (Wildman–Crippen LogP) is 1.14. The van der Waals surface area contributed by atoms with E-state index in [4.69, 9.17) is 4.74 Å². The van der Waals surface area contributed by atoms with E-state index in [1.165, 1.54) is 12.1 Å². The maximum Gasteiger partial charge on any atom is 0.213 e. The molecule has 0 saturated carbocycles. The number of hydrogen-bond acceptors (Lipinski definition) is 4. The fourth-order valence-corrected chi connectivity index (χ4v) is 2.20. The summed E-state index contributed by atoms with van der Waals surface area (Å²) in [4.78, 5) is 6.62. The molecule has 0 bridgehead atoms. The van der Waals surface area contributed by atoms with E-state index >= 15 is 0 Å². The van der Waals surface area contributed by atoms with Gasteiger partial charge in [0.15, 0.2) is 0 Å². The van der Waals surface area contributed by atoms with Crippen molar-refractivity contribution in [3.05, 3.63) is 18.3 Å². The number of methoxy groups -OCH3 is 1. The zero-order valence-corrected chi connectivity index (χ0v) is 9.94. The Hall–Kier alpha value is -1.29. The SMILES string of the molecule is CNCC1CCN(c2ccc(OC)nc2)C1. The number of pyridine rings is 1. The Labute approximate surface area is 96.6 Å². The standard InChI is InChI=1S/C12H19N3O/c1-13-7-10-5-6-15(9-10)11-3-4-12(16-2)14-8-11/h3-4,8,10,13H,5-7,9H2,1-2H3. The first kappa shape index (κ1) is 11.2. The minimum Gasteiger partial charge on any atom is -0.481 e. The van der Waals surface area contributed by atoms with Crippen molar-refractivity contribution >= 4 is 5.69 Å². The average Bonchev–Trinajstić information content (AvgIpc) is 2.78. The minimum absolute atomic E-state index is 0.676. The second kappa shape index (κ2) is 5.16. The lowest BCUT2D eigenvalue weighted by atomic mass is 10.1. The molecule has 4 nitrogen and oxygen atoms in total. The second-order valence-corrected chi connectivity index (χ2v) is 4.22. The van der Waals surface area contributed by atoms with Gasteiger partial charge >= 0.3 is 0 Å². The van der Waals surface area contributed by atoms with E-state index in [0.717, 1.165) is 25.6 Å². The summed E-state index contributed by atoms with van der Waals surface area (Å²) in [5.74, 6) is 1.43. The van der Waals surface area contributed by atoms with Gasteiger partial charge in [-0.25, -0.2) is 4.98 Å². The fourth-order valence-electron chi connectivity index (χ4n) is 2.20. The van der Waals surface area contributed by atoms with Gasteiger partial charge in [0.1, 0.15) is 0 Å². The van der Waals surface area contributed by atoms with Crippen molar-refractivity contribution in [1.82, 2.24) is 10.3 Å². The summed E-state index contributed by atoms with van der Waals surface area (Å²) in [6.45, 7) is 3.34. The number of nitrogens with zero attached hydrogens (tertiary/aromatic N) is 2. The van der Waals surface area contributed by atoms with Crippen molar-refractivity contribution < 1.29 is 4.74 Å². The molecule has 4 heteroatoms. The van der Waals surface area contributed by atoms with Gasteiger partial charge < -0.3 is 15.0 Å². The zero-order valence-electron chi connectivity index (χ0n) is 9.94. The van der Waals surface area contributed by atoms with Crippen LogP contribution in [0.25, 0.3) is 0 Å². The van der Waals surface area contributed by atoms with Crippen LogP contribution < -0.4 is 15.0 Å². The molecule has 2 heterocycles. The quantitative estimate of drug-likeness (QED) is 0.827. The number of aromatic nitrogens is 1. The van der Waals surface area contributed by atoms with Gasteiger partial charge in [-0.1, -0.05) is 0 Å². The molecule has 1 saturated heterocycles. The minimum atomic E-state index is 0.676. The molecule has 0 aliphatic carbocycles. The van der Waals surface area contributed by atoms with Gasteiger partial charge in [-0.15, -0.1) is 0 Å². The van der Waals surface area contributed by atoms with Crippen LogP contribution in [-0.4, -0.2) is 38.8 Å². The molecule has 0 radical (unpaired) electrons. The Morgan fingerprint density at radius 2 is 2.44 bits per heavy atom. The van der Waals surface area contributed by atoms with Crippen LogP contribution in [0.15, 0.2) is 18.3 Å². The van der Waals surface area contributed by atoms with E-state index in [2.05, 4.69) is 21.3 Å². The Morgan fingerprint density at radius 3 is 3.06 bits per heavy atom. The van der Waals surface area contributed by atoms with Crippen LogP contribution in [0.2, 0.25) is 0 Å². The molecule has 1 unspecified atom stereocenters. The summed E-state index contributed by atoms with van der Waals surface area (Å²) in [5.41, 5.74) is 1.19. The molecule has 88 valence electrons. The van der Waals surface area contributed by atoms with Crippen LogP contribution in [0.1, 0.15) is 6.42 Å². The van der Waals surface area contributed by atoms with Gasteiger partial charge in [0, 0.05) is 19.2 Å². The number of hydrogen-bond donors (Lipinski definition) is 1. The number of rotatable bonds is 4. The van der Waals surface area contributed by atoms with Gasteiger partial charge in [-0.3, -0.25) is 0 Å². The molecule has 2 rings (SSSR count). The molecule has 1 fully saturated rings. The van der Waals surface area contributed by atoms with E-state index in [1.54, 1.807) is 7.11 Å². The van der Waals surface area contributed by atoms with Crippen LogP contribution >= 0.6 is 0 Å². The van der Waals surface area contributed by atoms with E-state index < -0.39 is 0 Å². The average molecular weight is 221 g/mol. The molecule has 1 aromatic heterocycles. The molecule has 0 aromatic carbocycles. The van der Waals surface area contributed by atoms with Gasteiger partial charge in [-0.05, 0) is 32.0 Å². The Kier molecular flexibility index (Phi) is 3.62. The monoisotopic (exact) mass is 221 g/mol. The molecule has 1 aromatic rings. The highest BCUT2D eigenvalue weighted by Crippen LogP contribution is 2.23. The molecule has 1 aliphatic rings. The molecule has 1 atom stereocenters. The number of anilines is 1. The topological polar surface area (TPSA) is 37.4 Å². The van der Waals surface area contributed by atoms with E-state index in [-0.39, 0.29) is 0 Å². The molecule has 1 aliphatic heterocycles. The third-order valence-corrected chi connectivity index (χ3v) is 3.07. The highest BCUT2D eigenvalue weighted by Gasteiger charge is 2.21. The first-order valence-corrected chi connectivity index (χ1v) is 5.73. The lowest BCUT2D eigenvalue weighted by molar-refractivity contribution is 0.398. The van der Waals surface area contributed by atoms with E-state index in [9.17, 15) is 0 Å². The van der Waals surface area contributed by atoms with Crippen LogP contribution in [0.4, 0.5) is 5.69 Å². The van der Waals surface area contributed by atoms with Gasteiger partial charge in [-0.2, -0.15) is 0 Å². The molecule has 0 spiro atoms. The largest absolute Gasteiger partial charge is 0.481 e. The number of ether oxygens (including phenoxy) is 1. The normalized spacial score (nSPS) is 20.1. The fraction of sp³-hybridized carbons (Fsp3) is 0.583. The predicted molar refractivity (Wildman–Crippen MR) is 65.0 cm³/mol. The van der Waals surface area contributed by atoms with Crippen LogP contribution in [-0.2, 0) is 0 Å². The Morgan fingerprint density at radius 1 is 1.56 bits per heavy atom. The van der Waals surface area contributed by atoms with Gasteiger partial charge in [0.2, 0.25) is 5.88 Å². The molecule has 16 heavy (non-hydrogen) atoms. The maximum absolute atomic E-state index is 5.05. The maximum atomic E-state index is 5.05. The number of nitrogens with one attached hydrogen (secondary N) is 1.